The molecule has 0 saturated heterocycles. The lowest BCUT2D eigenvalue weighted by Gasteiger charge is -2.10. The van der Waals surface area contributed by atoms with Crippen LogP contribution in [0.1, 0.15) is 11.1 Å². The summed E-state index contributed by atoms with van der Waals surface area (Å²) in [5, 5.41) is 5.10. The summed E-state index contributed by atoms with van der Waals surface area (Å²) >= 11 is 0. The highest BCUT2D eigenvalue weighted by atomic mass is 19.4. The highest BCUT2D eigenvalue weighted by molar-refractivity contribution is 5.96. The molecule has 2 heterocycles. The molecular weight excluding hydrogens is 335 g/mol. The Bertz CT molecular complexity index is 891. The summed E-state index contributed by atoms with van der Waals surface area (Å²) in [6, 6.07) is 5.67. The molecule has 3 rings (SSSR count). The van der Waals surface area contributed by atoms with Crippen molar-refractivity contribution < 1.29 is 18.0 Å². The molecule has 2 amide bonds. The van der Waals surface area contributed by atoms with Crippen LogP contribution in [-0.2, 0) is 12.7 Å². The Balaban J connectivity index is 1.63. The largest absolute Gasteiger partial charge is 0.416 e. The molecule has 0 radical (unpaired) electrons. The topological polar surface area (TPSA) is 79.8 Å². The van der Waals surface area contributed by atoms with Gasteiger partial charge in [-0.1, -0.05) is 12.1 Å². The minimum atomic E-state index is -4.38. The normalized spacial score (nSPS) is 11.3. The van der Waals surface area contributed by atoms with Crippen LogP contribution in [0.25, 0.3) is 11.0 Å². The number of rotatable bonds is 3. The molecule has 2 aromatic heterocycles. The molecule has 0 aliphatic carbocycles. The molecule has 0 fully saturated rings. The molecule has 0 aliphatic heterocycles. The second kappa shape index (κ2) is 6.71. The first-order valence-corrected chi connectivity index (χ1v) is 7.20. The van der Waals surface area contributed by atoms with Crippen molar-refractivity contribution in [1.82, 2.24) is 20.3 Å². The van der Waals surface area contributed by atoms with E-state index in [1.165, 1.54) is 30.7 Å². The van der Waals surface area contributed by atoms with Gasteiger partial charge in [-0.3, -0.25) is 10.3 Å². The maximum atomic E-state index is 12.5. The van der Waals surface area contributed by atoms with Crippen molar-refractivity contribution in [3.63, 3.8) is 0 Å². The van der Waals surface area contributed by atoms with E-state index in [0.717, 1.165) is 12.1 Å². The van der Waals surface area contributed by atoms with Gasteiger partial charge in [-0.25, -0.2) is 14.8 Å². The van der Waals surface area contributed by atoms with Crippen molar-refractivity contribution in [3.05, 3.63) is 60.0 Å². The number of carbonyl (C=O) groups excluding carboxylic acids is 1. The van der Waals surface area contributed by atoms with E-state index < -0.39 is 17.8 Å². The van der Waals surface area contributed by atoms with Gasteiger partial charge in [0, 0.05) is 25.1 Å². The number of hydrogen-bond acceptors (Lipinski definition) is 4. The van der Waals surface area contributed by atoms with Gasteiger partial charge in [-0.05, 0) is 23.8 Å². The Labute approximate surface area is 140 Å². The fourth-order valence-electron chi connectivity index (χ4n) is 2.13. The first-order chi connectivity index (χ1) is 11.9. The van der Waals surface area contributed by atoms with Crippen LogP contribution in [0.5, 0.6) is 0 Å². The van der Waals surface area contributed by atoms with E-state index in [1.54, 1.807) is 6.07 Å². The molecule has 6 nitrogen and oxygen atoms in total. The van der Waals surface area contributed by atoms with Crippen molar-refractivity contribution in [3.8, 4) is 0 Å². The molecule has 0 bridgehead atoms. The first kappa shape index (κ1) is 16.6. The van der Waals surface area contributed by atoms with Crippen molar-refractivity contribution in [2.75, 3.05) is 5.32 Å². The molecule has 2 N–H and O–H groups in total. The molecule has 1 aromatic carbocycles. The van der Waals surface area contributed by atoms with E-state index in [0.29, 0.717) is 16.6 Å². The number of hydrogen-bond donors (Lipinski definition) is 2. The zero-order valence-corrected chi connectivity index (χ0v) is 12.7. The number of alkyl halides is 3. The number of fused-ring (bicyclic) bond motifs is 1. The highest BCUT2D eigenvalue weighted by Crippen LogP contribution is 2.29. The van der Waals surface area contributed by atoms with Gasteiger partial charge in [0.2, 0.25) is 0 Å². The van der Waals surface area contributed by atoms with Crippen LogP contribution in [-0.4, -0.2) is 21.0 Å². The molecule has 9 heteroatoms. The predicted octanol–water partition coefficient (Wildman–Crippen LogP) is 3.37. The fourth-order valence-corrected chi connectivity index (χ4v) is 2.13. The summed E-state index contributed by atoms with van der Waals surface area (Å²) < 4.78 is 37.5. The Hall–Kier alpha value is -3.23. The van der Waals surface area contributed by atoms with Gasteiger partial charge in [0.1, 0.15) is 5.52 Å². The lowest BCUT2D eigenvalue weighted by molar-refractivity contribution is -0.137. The summed E-state index contributed by atoms with van der Waals surface area (Å²) in [5.74, 6) is 0.246. The molecule has 25 heavy (non-hydrogen) atoms. The van der Waals surface area contributed by atoms with Gasteiger partial charge >= 0.3 is 12.2 Å². The third-order valence-electron chi connectivity index (χ3n) is 3.35. The Morgan fingerprint density at radius 2 is 1.68 bits per heavy atom. The Morgan fingerprint density at radius 1 is 0.960 bits per heavy atom. The van der Waals surface area contributed by atoms with Crippen molar-refractivity contribution in [2.24, 2.45) is 0 Å². The fraction of sp³-hybridized carbons (Fsp3) is 0.125. The van der Waals surface area contributed by atoms with Crippen LogP contribution in [0.3, 0.4) is 0 Å². The summed E-state index contributed by atoms with van der Waals surface area (Å²) in [6.45, 7) is 0.0699. The van der Waals surface area contributed by atoms with E-state index in [-0.39, 0.29) is 12.4 Å². The van der Waals surface area contributed by atoms with E-state index in [1.807, 2.05) is 0 Å². The number of carbonyl (C=O) groups is 1. The second-order valence-corrected chi connectivity index (χ2v) is 5.09. The zero-order chi connectivity index (χ0) is 17.9. The van der Waals surface area contributed by atoms with E-state index >= 15 is 0 Å². The number of nitrogens with one attached hydrogen (secondary N) is 2. The maximum absolute atomic E-state index is 12.5. The molecule has 3 aromatic rings. The second-order valence-electron chi connectivity index (χ2n) is 5.09. The smallest absolute Gasteiger partial charge is 0.334 e. The highest BCUT2D eigenvalue weighted by Gasteiger charge is 2.29. The van der Waals surface area contributed by atoms with Gasteiger partial charge in [0.05, 0.1) is 11.1 Å². The third-order valence-corrected chi connectivity index (χ3v) is 3.35. The summed E-state index contributed by atoms with van der Waals surface area (Å²) in [4.78, 5) is 24.2. The molecule has 128 valence electrons. The summed E-state index contributed by atoms with van der Waals surface area (Å²) in [7, 11) is 0. The quantitative estimate of drug-likeness (QED) is 0.761. The number of anilines is 1. The molecule has 0 saturated carbocycles. The number of benzene rings is 1. The number of amides is 2. The third kappa shape index (κ3) is 4.00. The van der Waals surface area contributed by atoms with Gasteiger partial charge < -0.3 is 5.32 Å². The lowest BCUT2D eigenvalue weighted by atomic mass is 10.1. The van der Waals surface area contributed by atoms with Crippen LogP contribution in [0.2, 0.25) is 0 Å². The van der Waals surface area contributed by atoms with Crippen LogP contribution < -0.4 is 10.6 Å². The standard InChI is InChI=1S/C16H12F3N5O/c17-16(18,19)11-3-1-10(2-4-11)9-23-15(25)24-14-13-12(5-6-22-14)20-7-8-21-13/h1-8H,9H2,(H2,22,23,24,25). The molecule has 0 aliphatic rings. The van der Waals surface area contributed by atoms with Crippen LogP contribution in [0.15, 0.2) is 48.9 Å². The van der Waals surface area contributed by atoms with Gasteiger partial charge in [-0.2, -0.15) is 13.2 Å². The Kier molecular flexibility index (Phi) is 4.46. The van der Waals surface area contributed by atoms with Gasteiger partial charge in [0.15, 0.2) is 5.82 Å². The summed E-state index contributed by atoms with van der Waals surface area (Å²) in [5.41, 5.74) is 0.818. The van der Waals surface area contributed by atoms with E-state index in [2.05, 4.69) is 25.6 Å². The monoisotopic (exact) mass is 347 g/mol. The molecule has 0 atom stereocenters. The minimum absolute atomic E-state index is 0.0699. The number of aromatic nitrogens is 3. The van der Waals surface area contributed by atoms with E-state index in [4.69, 9.17) is 0 Å². The zero-order valence-electron chi connectivity index (χ0n) is 12.7. The van der Waals surface area contributed by atoms with Crippen molar-refractivity contribution >= 4 is 22.9 Å². The average molecular weight is 347 g/mol. The van der Waals surface area contributed by atoms with Crippen LogP contribution in [0.4, 0.5) is 23.8 Å². The SMILES string of the molecule is O=C(NCc1ccc(C(F)(F)F)cc1)Nc1nccc2nccnc12. The number of halogens is 3. The maximum Gasteiger partial charge on any atom is 0.416 e. The van der Waals surface area contributed by atoms with Crippen LogP contribution >= 0.6 is 0 Å². The molecule has 0 unspecified atom stereocenters. The van der Waals surface area contributed by atoms with Crippen LogP contribution in [0, 0.1) is 0 Å². The van der Waals surface area contributed by atoms with Gasteiger partial charge in [-0.15, -0.1) is 0 Å². The van der Waals surface area contributed by atoms with Crippen molar-refractivity contribution in [1.29, 1.82) is 0 Å². The molecular formula is C16H12F3N5O. The van der Waals surface area contributed by atoms with Gasteiger partial charge in [0.25, 0.3) is 0 Å². The Morgan fingerprint density at radius 3 is 2.40 bits per heavy atom. The first-order valence-electron chi connectivity index (χ1n) is 7.20. The van der Waals surface area contributed by atoms with Crippen molar-refractivity contribution in [2.45, 2.75) is 12.7 Å². The summed E-state index contributed by atoms with van der Waals surface area (Å²) in [6.07, 6.45) is 0.110. The molecule has 0 spiro atoms. The average Bonchev–Trinajstić information content (AvgIpc) is 2.60. The number of nitrogens with zero attached hydrogens (tertiary/aromatic N) is 3. The predicted molar refractivity (Wildman–Crippen MR) is 84.6 cm³/mol. The lowest BCUT2D eigenvalue weighted by Crippen LogP contribution is -2.28. The minimum Gasteiger partial charge on any atom is -0.334 e. The van der Waals surface area contributed by atoms with E-state index in [9.17, 15) is 18.0 Å². The number of pyridine rings is 1. The number of urea groups is 1.